The molecule has 0 bridgehead atoms. The van der Waals surface area contributed by atoms with Crippen LogP contribution in [0.3, 0.4) is 0 Å². The third-order valence-electron chi connectivity index (χ3n) is 3.47. The fourth-order valence-corrected chi connectivity index (χ4v) is 2.10. The number of hydrogen-bond acceptors (Lipinski definition) is 3. The molecule has 0 spiro atoms. The van der Waals surface area contributed by atoms with E-state index in [4.69, 9.17) is 10.5 Å². The molecule has 0 aromatic heterocycles. The number of carbonyl (C=O) groups excluding carboxylic acids is 1. The number of anilines is 2. The number of halogens is 1. The molecule has 23 heavy (non-hydrogen) atoms. The second kappa shape index (κ2) is 8.44. The first-order valence-corrected chi connectivity index (χ1v) is 7.32. The van der Waals surface area contributed by atoms with Gasteiger partial charge in [-0.2, -0.15) is 0 Å². The molecule has 0 unspecified atom stereocenters. The molecule has 124 valence electrons. The van der Waals surface area contributed by atoms with Gasteiger partial charge in [0.05, 0.1) is 13.0 Å². The topological polar surface area (TPSA) is 64.3 Å². The molecule has 2 aromatic rings. The van der Waals surface area contributed by atoms with Gasteiger partial charge in [-0.25, -0.2) is 0 Å². The lowest BCUT2D eigenvalue weighted by Gasteiger charge is -2.11. The molecular formula is C18H23ClN2O2. The Labute approximate surface area is 143 Å². The Morgan fingerprint density at radius 3 is 2.52 bits per heavy atom. The highest BCUT2D eigenvalue weighted by molar-refractivity contribution is 5.92. The van der Waals surface area contributed by atoms with E-state index in [1.807, 2.05) is 51.1 Å². The van der Waals surface area contributed by atoms with Crippen molar-refractivity contribution < 1.29 is 9.53 Å². The van der Waals surface area contributed by atoms with Gasteiger partial charge in [-0.3, -0.25) is 4.79 Å². The lowest BCUT2D eigenvalue weighted by Crippen LogP contribution is -2.16. The highest BCUT2D eigenvalue weighted by Gasteiger charge is 2.07. The minimum absolute atomic E-state index is 0. The van der Waals surface area contributed by atoms with Gasteiger partial charge >= 0.3 is 0 Å². The Morgan fingerprint density at radius 1 is 1.09 bits per heavy atom. The molecule has 0 heterocycles. The van der Waals surface area contributed by atoms with Crippen molar-refractivity contribution in [3.05, 3.63) is 53.1 Å². The Kier molecular flexibility index (Phi) is 6.91. The fraction of sp³-hybridized carbons (Fsp3) is 0.278. The first kappa shape index (κ1) is 18.8. The SMILES string of the molecule is Cc1ccc(C)c(OCCC(=O)Nc2cc(N)ccc2C)c1.Cl. The summed E-state index contributed by atoms with van der Waals surface area (Å²) in [6, 6.07) is 11.5. The van der Waals surface area contributed by atoms with Crippen molar-refractivity contribution in [2.24, 2.45) is 0 Å². The van der Waals surface area contributed by atoms with Gasteiger partial charge in [-0.1, -0.05) is 18.2 Å². The zero-order valence-electron chi connectivity index (χ0n) is 13.7. The van der Waals surface area contributed by atoms with Crippen LogP contribution in [-0.2, 0) is 4.79 Å². The normalized spacial score (nSPS) is 9.87. The Hall–Kier alpha value is -2.20. The maximum Gasteiger partial charge on any atom is 0.227 e. The number of nitrogens with one attached hydrogen (secondary N) is 1. The summed E-state index contributed by atoms with van der Waals surface area (Å²) in [6.07, 6.45) is 0.293. The predicted octanol–water partition coefficient (Wildman–Crippen LogP) is 4.02. The van der Waals surface area contributed by atoms with Crippen molar-refractivity contribution in [3.63, 3.8) is 0 Å². The second-order valence-corrected chi connectivity index (χ2v) is 5.49. The van der Waals surface area contributed by atoms with Crippen molar-refractivity contribution in [3.8, 4) is 5.75 Å². The molecule has 0 saturated heterocycles. The zero-order valence-corrected chi connectivity index (χ0v) is 14.5. The van der Waals surface area contributed by atoms with E-state index >= 15 is 0 Å². The summed E-state index contributed by atoms with van der Waals surface area (Å²) in [5.74, 6) is 0.743. The molecular weight excluding hydrogens is 312 g/mol. The van der Waals surface area contributed by atoms with E-state index in [9.17, 15) is 4.79 Å². The largest absolute Gasteiger partial charge is 0.493 e. The van der Waals surface area contributed by atoms with Crippen LogP contribution in [0.15, 0.2) is 36.4 Å². The lowest BCUT2D eigenvalue weighted by atomic mass is 10.1. The van der Waals surface area contributed by atoms with Crippen molar-refractivity contribution in [1.82, 2.24) is 0 Å². The van der Waals surface area contributed by atoms with Crippen LogP contribution in [0.1, 0.15) is 23.1 Å². The number of carbonyl (C=O) groups is 1. The number of benzene rings is 2. The van der Waals surface area contributed by atoms with E-state index in [0.29, 0.717) is 18.7 Å². The van der Waals surface area contributed by atoms with Crippen LogP contribution in [0.5, 0.6) is 5.75 Å². The molecule has 1 amide bonds. The molecule has 0 fully saturated rings. The van der Waals surface area contributed by atoms with Gasteiger partial charge in [0, 0.05) is 11.4 Å². The van der Waals surface area contributed by atoms with Crippen molar-refractivity contribution >= 4 is 29.7 Å². The zero-order chi connectivity index (χ0) is 16.1. The first-order valence-electron chi connectivity index (χ1n) is 7.32. The van der Waals surface area contributed by atoms with E-state index in [0.717, 1.165) is 28.1 Å². The van der Waals surface area contributed by atoms with Gasteiger partial charge < -0.3 is 15.8 Å². The highest BCUT2D eigenvalue weighted by atomic mass is 35.5. The monoisotopic (exact) mass is 334 g/mol. The van der Waals surface area contributed by atoms with E-state index in [1.54, 1.807) is 6.07 Å². The Balaban J connectivity index is 0.00000264. The van der Waals surface area contributed by atoms with Crippen LogP contribution in [0.25, 0.3) is 0 Å². The van der Waals surface area contributed by atoms with Crippen molar-refractivity contribution in [2.45, 2.75) is 27.2 Å². The maximum absolute atomic E-state index is 12.0. The van der Waals surface area contributed by atoms with E-state index < -0.39 is 0 Å². The average molecular weight is 335 g/mol. The number of ether oxygens (including phenoxy) is 1. The standard InChI is InChI=1S/C18H22N2O2.ClH/c1-12-4-5-14(3)17(10-12)22-9-8-18(21)20-16-11-15(19)7-6-13(16)2;/h4-7,10-11H,8-9,19H2,1-3H3,(H,20,21);1H. The molecule has 3 N–H and O–H groups in total. The molecule has 0 aliphatic heterocycles. The quantitative estimate of drug-likeness (QED) is 0.811. The van der Waals surface area contributed by atoms with Crippen LogP contribution >= 0.6 is 12.4 Å². The number of amides is 1. The van der Waals surface area contributed by atoms with E-state index in [2.05, 4.69) is 5.32 Å². The summed E-state index contributed by atoms with van der Waals surface area (Å²) in [5.41, 5.74) is 10.3. The number of nitrogens with two attached hydrogens (primary N) is 1. The van der Waals surface area contributed by atoms with Crippen LogP contribution in [0.2, 0.25) is 0 Å². The van der Waals surface area contributed by atoms with Gasteiger partial charge in [0.2, 0.25) is 5.91 Å². The molecule has 0 saturated carbocycles. The summed E-state index contributed by atoms with van der Waals surface area (Å²) < 4.78 is 5.69. The molecule has 0 aliphatic rings. The maximum atomic E-state index is 12.0. The summed E-state index contributed by atoms with van der Waals surface area (Å²) in [7, 11) is 0. The highest BCUT2D eigenvalue weighted by Crippen LogP contribution is 2.20. The van der Waals surface area contributed by atoms with Crippen molar-refractivity contribution in [1.29, 1.82) is 0 Å². The van der Waals surface area contributed by atoms with Crippen LogP contribution < -0.4 is 15.8 Å². The first-order chi connectivity index (χ1) is 10.5. The lowest BCUT2D eigenvalue weighted by molar-refractivity contribution is -0.116. The molecule has 2 aromatic carbocycles. The van der Waals surface area contributed by atoms with Gasteiger partial charge in [-0.05, 0) is 55.7 Å². The fourth-order valence-electron chi connectivity index (χ4n) is 2.10. The minimum atomic E-state index is -0.0843. The number of rotatable bonds is 5. The van der Waals surface area contributed by atoms with Crippen LogP contribution in [0, 0.1) is 20.8 Å². The third-order valence-corrected chi connectivity index (χ3v) is 3.47. The predicted molar refractivity (Wildman–Crippen MR) is 97.5 cm³/mol. The summed E-state index contributed by atoms with van der Waals surface area (Å²) in [4.78, 5) is 12.0. The number of aryl methyl sites for hydroxylation is 3. The summed E-state index contributed by atoms with van der Waals surface area (Å²) in [5, 5.41) is 2.86. The van der Waals surface area contributed by atoms with Gasteiger partial charge in [-0.15, -0.1) is 12.4 Å². The smallest absolute Gasteiger partial charge is 0.227 e. The minimum Gasteiger partial charge on any atom is -0.493 e. The van der Waals surface area contributed by atoms with Crippen molar-refractivity contribution in [2.75, 3.05) is 17.7 Å². The molecule has 0 radical (unpaired) electrons. The van der Waals surface area contributed by atoms with Crippen LogP contribution in [0.4, 0.5) is 11.4 Å². The van der Waals surface area contributed by atoms with Gasteiger partial charge in [0.1, 0.15) is 5.75 Å². The second-order valence-electron chi connectivity index (χ2n) is 5.49. The number of nitrogen functional groups attached to an aromatic ring is 1. The molecule has 0 aliphatic carbocycles. The van der Waals surface area contributed by atoms with E-state index in [1.165, 1.54) is 0 Å². The third kappa shape index (κ3) is 5.49. The number of hydrogen-bond donors (Lipinski definition) is 2. The van der Waals surface area contributed by atoms with E-state index in [-0.39, 0.29) is 18.3 Å². The van der Waals surface area contributed by atoms with Crippen LogP contribution in [-0.4, -0.2) is 12.5 Å². The molecule has 5 heteroatoms. The Bertz CT molecular complexity index is 687. The van der Waals surface area contributed by atoms with Gasteiger partial charge in [0.25, 0.3) is 0 Å². The summed E-state index contributed by atoms with van der Waals surface area (Å²) in [6.45, 7) is 6.28. The average Bonchev–Trinajstić information content (AvgIpc) is 2.46. The van der Waals surface area contributed by atoms with Gasteiger partial charge in [0.15, 0.2) is 0 Å². The summed E-state index contributed by atoms with van der Waals surface area (Å²) >= 11 is 0. The molecule has 4 nitrogen and oxygen atoms in total. The molecule has 2 rings (SSSR count). The Morgan fingerprint density at radius 2 is 1.78 bits per heavy atom. The molecule has 0 atom stereocenters.